The monoisotopic (exact) mass is 246 g/mol. The van der Waals surface area contributed by atoms with Gasteiger partial charge < -0.3 is 0 Å². The van der Waals surface area contributed by atoms with E-state index in [1.54, 1.807) is 6.07 Å². The van der Waals surface area contributed by atoms with Gasteiger partial charge in [0.1, 0.15) is 11.5 Å². The molecule has 1 aliphatic carbocycles. The summed E-state index contributed by atoms with van der Waals surface area (Å²) in [7, 11) is 0. The SMILES string of the molecule is CCCC1CCC(c2nc(C)cc(C=O)n2)CC1. The molecule has 0 atom stereocenters. The maximum absolute atomic E-state index is 10.8. The van der Waals surface area contributed by atoms with Crippen molar-refractivity contribution < 1.29 is 4.79 Å². The first-order valence-corrected chi connectivity index (χ1v) is 7.03. The number of hydrogen-bond donors (Lipinski definition) is 0. The van der Waals surface area contributed by atoms with Gasteiger partial charge in [-0.25, -0.2) is 9.97 Å². The highest BCUT2D eigenvalue weighted by atomic mass is 16.1. The maximum Gasteiger partial charge on any atom is 0.168 e. The average molecular weight is 246 g/mol. The molecule has 2 rings (SSSR count). The van der Waals surface area contributed by atoms with Gasteiger partial charge in [0.25, 0.3) is 0 Å². The Balaban J connectivity index is 2.05. The Kier molecular flexibility index (Phi) is 4.45. The van der Waals surface area contributed by atoms with Crippen LogP contribution in [0.5, 0.6) is 0 Å². The molecule has 0 bridgehead atoms. The molecule has 3 nitrogen and oxygen atoms in total. The van der Waals surface area contributed by atoms with Crippen LogP contribution in [0.3, 0.4) is 0 Å². The molecule has 98 valence electrons. The van der Waals surface area contributed by atoms with Gasteiger partial charge in [-0.15, -0.1) is 0 Å². The third-order valence-electron chi connectivity index (χ3n) is 3.92. The normalized spacial score (nSPS) is 23.9. The second kappa shape index (κ2) is 6.07. The summed E-state index contributed by atoms with van der Waals surface area (Å²) in [5.74, 6) is 2.23. The number of aromatic nitrogens is 2. The van der Waals surface area contributed by atoms with Gasteiger partial charge >= 0.3 is 0 Å². The molecule has 0 spiro atoms. The summed E-state index contributed by atoms with van der Waals surface area (Å²) in [5.41, 5.74) is 1.42. The summed E-state index contributed by atoms with van der Waals surface area (Å²) in [4.78, 5) is 19.7. The smallest absolute Gasteiger partial charge is 0.168 e. The zero-order chi connectivity index (χ0) is 13.0. The number of carbonyl (C=O) groups is 1. The van der Waals surface area contributed by atoms with Crippen LogP contribution in [0.25, 0.3) is 0 Å². The van der Waals surface area contributed by atoms with E-state index in [1.165, 1.54) is 38.5 Å². The van der Waals surface area contributed by atoms with Crippen molar-refractivity contribution in [2.24, 2.45) is 5.92 Å². The van der Waals surface area contributed by atoms with Crippen LogP contribution in [-0.2, 0) is 0 Å². The van der Waals surface area contributed by atoms with E-state index in [0.29, 0.717) is 11.6 Å². The lowest BCUT2D eigenvalue weighted by Gasteiger charge is -2.27. The summed E-state index contributed by atoms with van der Waals surface area (Å²) >= 11 is 0. The van der Waals surface area contributed by atoms with Crippen molar-refractivity contribution in [3.05, 3.63) is 23.3 Å². The molecule has 1 aliphatic rings. The van der Waals surface area contributed by atoms with E-state index in [-0.39, 0.29) is 0 Å². The second-order valence-corrected chi connectivity index (χ2v) is 5.42. The minimum absolute atomic E-state index is 0.455. The largest absolute Gasteiger partial charge is 0.296 e. The zero-order valence-electron chi connectivity index (χ0n) is 11.4. The van der Waals surface area contributed by atoms with Crippen molar-refractivity contribution in [1.29, 1.82) is 0 Å². The van der Waals surface area contributed by atoms with Crippen LogP contribution in [-0.4, -0.2) is 16.3 Å². The van der Waals surface area contributed by atoms with E-state index in [4.69, 9.17) is 0 Å². The van der Waals surface area contributed by atoms with Crippen molar-refractivity contribution in [3.8, 4) is 0 Å². The van der Waals surface area contributed by atoms with Crippen LogP contribution in [0.1, 0.15) is 73.4 Å². The molecular formula is C15H22N2O. The average Bonchev–Trinajstić information content (AvgIpc) is 2.39. The fourth-order valence-corrected chi connectivity index (χ4v) is 2.98. The summed E-state index contributed by atoms with van der Waals surface area (Å²) in [6.45, 7) is 4.19. The predicted octanol–water partition coefficient (Wildman–Crippen LogP) is 3.67. The molecule has 1 saturated carbocycles. The standard InChI is InChI=1S/C15H22N2O/c1-3-4-12-5-7-13(8-6-12)15-16-11(2)9-14(10-18)17-15/h9-10,12-13H,3-8H2,1-2H3. The van der Waals surface area contributed by atoms with E-state index in [1.807, 2.05) is 6.92 Å². The first kappa shape index (κ1) is 13.2. The number of carbonyl (C=O) groups excluding carboxylic acids is 1. The highest BCUT2D eigenvalue weighted by Gasteiger charge is 2.24. The molecule has 18 heavy (non-hydrogen) atoms. The van der Waals surface area contributed by atoms with E-state index >= 15 is 0 Å². The first-order chi connectivity index (χ1) is 8.72. The van der Waals surface area contributed by atoms with E-state index in [9.17, 15) is 4.79 Å². The van der Waals surface area contributed by atoms with Crippen LogP contribution in [0.4, 0.5) is 0 Å². The summed E-state index contributed by atoms with van der Waals surface area (Å²) in [6.07, 6.45) is 8.37. The maximum atomic E-state index is 10.8. The van der Waals surface area contributed by atoms with Crippen molar-refractivity contribution in [2.75, 3.05) is 0 Å². The number of rotatable bonds is 4. The van der Waals surface area contributed by atoms with Gasteiger partial charge in [0.2, 0.25) is 0 Å². The molecule has 1 fully saturated rings. The number of aldehydes is 1. The third kappa shape index (κ3) is 3.15. The van der Waals surface area contributed by atoms with Crippen LogP contribution in [0.15, 0.2) is 6.07 Å². The molecular weight excluding hydrogens is 224 g/mol. The lowest BCUT2D eigenvalue weighted by molar-refractivity contribution is 0.111. The molecule has 0 N–H and O–H groups in total. The van der Waals surface area contributed by atoms with E-state index in [0.717, 1.165) is 23.7 Å². The van der Waals surface area contributed by atoms with Crippen LogP contribution in [0, 0.1) is 12.8 Å². The summed E-state index contributed by atoms with van der Waals surface area (Å²) < 4.78 is 0. The van der Waals surface area contributed by atoms with Crippen molar-refractivity contribution in [2.45, 2.75) is 58.3 Å². The Morgan fingerprint density at radius 1 is 1.28 bits per heavy atom. The van der Waals surface area contributed by atoms with Gasteiger partial charge in [-0.05, 0) is 44.6 Å². The van der Waals surface area contributed by atoms with Gasteiger partial charge in [-0.2, -0.15) is 0 Å². The van der Waals surface area contributed by atoms with Gasteiger partial charge in [-0.1, -0.05) is 19.8 Å². The topological polar surface area (TPSA) is 42.9 Å². The third-order valence-corrected chi connectivity index (χ3v) is 3.92. The number of hydrogen-bond acceptors (Lipinski definition) is 3. The van der Waals surface area contributed by atoms with Gasteiger partial charge in [-0.3, -0.25) is 4.79 Å². The highest BCUT2D eigenvalue weighted by molar-refractivity contribution is 5.71. The molecule has 0 radical (unpaired) electrons. The number of aryl methyl sites for hydroxylation is 1. The molecule has 1 heterocycles. The molecule has 1 aromatic heterocycles. The summed E-state index contributed by atoms with van der Waals surface area (Å²) in [6, 6.07) is 1.75. The summed E-state index contributed by atoms with van der Waals surface area (Å²) in [5, 5.41) is 0. The molecule has 0 saturated heterocycles. The Labute approximate surface area is 109 Å². The minimum Gasteiger partial charge on any atom is -0.296 e. The molecule has 1 aromatic rings. The lowest BCUT2D eigenvalue weighted by Crippen LogP contribution is -2.16. The Morgan fingerprint density at radius 3 is 2.61 bits per heavy atom. The van der Waals surface area contributed by atoms with Gasteiger partial charge in [0.05, 0.1) is 0 Å². The van der Waals surface area contributed by atoms with Crippen LogP contribution < -0.4 is 0 Å². The molecule has 0 aliphatic heterocycles. The first-order valence-electron chi connectivity index (χ1n) is 7.03. The zero-order valence-corrected chi connectivity index (χ0v) is 11.4. The van der Waals surface area contributed by atoms with E-state index in [2.05, 4.69) is 16.9 Å². The van der Waals surface area contributed by atoms with Crippen molar-refractivity contribution in [1.82, 2.24) is 9.97 Å². The Hall–Kier alpha value is -1.25. The predicted molar refractivity (Wildman–Crippen MR) is 71.8 cm³/mol. The van der Waals surface area contributed by atoms with Gasteiger partial charge in [0, 0.05) is 11.6 Å². The van der Waals surface area contributed by atoms with Crippen molar-refractivity contribution >= 4 is 6.29 Å². The quantitative estimate of drug-likeness (QED) is 0.761. The minimum atomic E-state index is 0.455. The second-order valence-electron chi connectivity index (χ2n) is 5.42. The van der Waals surface area contributed by atoms with Gasteiger partial charge in [0.15, 0.2) is 6.29 Å². The van der Waals surface area contributed by atoms with Crippen molar-refractivity contribution in [3.63, 3.8) is 0 Å². The fourth-order valence-electron chi connectivity index (χ4n) is 2.98. The number of nitrogens with zero attached hydrogens (tertiary/aromatic N) is 2. The van der Waals surface area contributed by atoms with Crippen LogP contribution >= 0.6 is 0 Å². The fraction of sp³-hybridized carbons (Fsp3) is 0.667. The lowest BCUT2D eigenvalue weighted by atomic mass is 9.80. The highest BCUT2D eigenvalue weighted by Crippen LogP contribution is 2.36. The molecule has 0 unspecified atom stereocenters. The van der Waals surface area contributed by atoms with E-state index < -0.39 is 0 Å². The van der Waals surface area contributed by atoms with Crippen LogP contribution in [0.2, 0.25) is 0 Å². The Morgan fingerprint density at radius 2 is 2.00 bits per heavy atom. The molecule has 0 aromatic carbocycles. The molecule has 0 amide bonds. The Bertz CT molecular complexity index is 409. The molecule has 3 heteroatoms.